The van der Waals surface area contributed by atoms with Gasteiger partial charge in [0.05, 0.1) is 0 Å². The van der Waals surface area contributed by atoms with Gasteiger partial charge in [-0.3, -0.25) is 14.4 Å². The third-order valence-corrected chi connectivity index (χ3v) is 10.8. The van der Waals surface area contributed by atoms with Crippen LogP contribution in [-0.4, -0.2) is 37.2 Å². The molecule has 0 aliphatic heterocycles. The minimum Gasteiger partial charge on any atom is -0.462 e. The van der Waals surface area contributed by atoms with Crippen molar-refractivity contribution in [1.29, 1.82) is 0 Å². The van der Waals surface area contributed by atoms with E-state index in [9.17, 15) is 14.4 Å². The smallest absolute Gasteiger partial charge is 0.306 e. The highest BCUT2D eigenvalue weighted by atomic mass is 16.6. The number of rotatable bonds is 46. The lowest BCUT2D eigenvalue weighted by Gasteiger charge is -2.18. The van der Waals surface area contributed by atoms with Gasteiger partial charge >= 0.3 is 17.9 Å². The maximum Gasteiger partial charge on any atom is 0.306 e. The SMILES string of the molecule is CC/C=C\C/C=C\C/C=C\C/C=C\C/C=C\C/C=C\CCC(=O)OCC(COC(=O)CCCCC/C=C\CCCCCCCCC)OC(=O)CCCCCCCCC/C=C\C/C=C\CC. The van der Waals surface area contributed by atoms with E-state index < -0.39 is 6.10 Å². The molecular weight excluding hydrogens is 805 g/mol. The number of hydrogen-bond donors (Lipinski definition) is 0. The summed E-state index contributed by atoms with van der Waals surface area (Å²) in [7, 11) is 0. The summed E-state index contributed by atoms with van der Waals surface area (Å²) in [6.45, 7) is 6.32. The van der Waals surface area contributed by atoms with Gasteiger partial charge in [0.15, 0.2) is 6.10 Å². The highest BCUT2D eigenvalue weighted by Gasteiger charge is 2.19. The highest BCUT2D eigenvalue weighted by molar-refractivity contribution is 5.71. The van der Waals surface area contributed by atoms with Gasteiger partial charge in [-0.25, -0.2) is 0 Å². The first kappa shape index (κ1) is 61.1. The number of hydrogen-bond acceptors (Lipinski definition) is 6. The van der Waals surface area contributed by atoms with Crippen LogP contribution in [0.15, 0.2) is 109 Å². The molecule has 0 radical (unpaired) electrons. The summed E-state index contributed by atoms with van der Waals surface area (Å²) < 4.78 is 16.7. The minimum atomic E-state index is -0.820. The summed E-state index contributed by atoms with van der Waals surface area (Å²) in [4.78, 5) is 38.0. The lowest BCUT2D eigenvalue weighted by atomic mass is 10.1. The Hall–Kier alpha value is -3.93. The van der Waals surface area contributed by atoms with Crippen molar-refractivity contribution < 1.29 is 28.6 Å². The van der Waals surface area contributed by atoms with Crippen LogP contribution in [0, 0.1) is 0 Å². The molecule has 0 fully saturated rings. The number of ether oxygens (including phenoxy) is 3. The van der Waals surface area contributed by atoms with Gasteiger partial charge in [-0.1, -0.05) is 207 Å². The molecule has 6 nitrogen and oxygen atoms in total. The molecule has 6 heteroatoms. The molecule has 65 heavy (non-hydrogen) atoms. The van der Waals surface area contributed by atoms with E-state index in [1.165, 1.54) is 70.6 Å². The fourth-order valence-electron chi connectivity index (χ4n) is 6.85. The van der Waals surface area contributed by atoms with Gasteiger partial charge in [0.2, 0.25) is 0 Å². The fraction of sp³-hybridized carbons (Fsp3) is 0.644. The van der Waals surface area contributed by atoms with Crippen molar-refractivity contribution in [2.24, 2.45) is 0 Å². The van der Waals surface area contributed by atoms with Crippen molar-refractivity contribution in [3.63, 3.8) is 0 Å². The molecule has 0 saturated carbocycles. The number of carbonyl (C=O) groups excluding carboxylic acids is 3. The first-order chi connectivity index (χ1) is 32.0. The van der Waals surface area contributed by atoms with E-state index in [1.807, 2.05) is 12.2 Å². The molecule has 0 N–H and O–H groups in total. The maximum absolute atomic E-state index is 12.8. The van der Waals surface area contributed by atoms with Gasteiger partial charge in [0.25, 0.3) is 0 Å². The van der Waals surface area contributed by atoms with Crippen LogP contribution in [-0.2, 0) is 28.6 Å². The summed E-state index contributed by atoms with van der Waals surface area (Å²) in [5, 5.41) is 0. The zero-order valence-electron chi connectivity index (χ0n) is 42.0. The zero-order valence-corrected chi connectivity index (χ0v) is 42.0. The average Bonchev–Trinajstić information content (AvgIpc) is 3.30. The summed E-state index contributed by atoms with van der Waals surface area (Å²) in [6, 6.07) is 0. The Morgan fingerprint density at radius 2 is 0.631 bits per heavy atom. The largest absolute Gasteiger partial charge is 0.462 e. The molecule has 0 heterocycles. The summed E-state index contributed by atoms with van der Waals surface area (Å²) in [5.74, 6) is -1.03. The second-order valence-corrected chi connectivity index (χ2v) is 17.0. The van der Waals surface area contributed by atoms with E-state index in [0.29, 0.717) is 19.3 Å². The van der Waals surface area contributed by atoms with Crippen LogP contribution in [0.4, 0.5) is 0 Å². The maximum atomic E-state index is 12.8. The number of unbranched alkanes of at least 4 members (excludes halogenated alkanes) is 17. The Kier molecular flexibility index (Phi) is 49.5. The standard InChI is InChI=1S/C59H96O6/c1-4-7-10-13-16-19-22-25-28-29-30-31-32-35-37-40-43-46-49-52-58(61)64-55-56(65-59(62)53-50-47-44-41-38-34-27-24-21-18-15-12-9-6-3)54-63-57(60)51-48-45-42-39-36-33-26-23-20-17-14-11-8-5-2/h7,9-10,12,16,18-19,21,25,28,30-31,33,35-37,43,46,56H,4-6,8,11,13-15,17,20,22-24,26-27,29,32,34,38-42,44-45,47-55H2,1-3H3/b10-7-,12-9-,19-16-,21-18-,28-25-,31-30-,36-33-,37-35-,46-43-. The van der Waals surface area contributed by atoms with Crippen molar-refractivity contribution in [3.8, 4) is 0 Å². The normalized spacial score (nSPS) is 13.0. The number of allylic oxidation sites excluding steroid dienone is 18. The first-order valence-corrected chi connectivity index (χ1v) is 26.4. The van der Waals surface area contributed by atoms with Crippen molar-refractivity contribution >= 4 is 17.9 Å². The van der Waals surface area contributed by atoms with Crippen molar-refractivity contribution in [2.45, 2.75) is 232 Å². The number of carbonyl (C=O) groups is 3. The minimum absolute atomic E-state index is 0.114. The molecule has 0 spiro atoms. The Morgan fingerprint density at radius 3 is 1.06 bits per heavy atom. The van der Waals surface area contributed by atoms with Gasteiger partial charge < -0.3 is 14.2 Å². The molecule has 0 aliphatic rings. The molecule has 0 amide bonds. The number of esters is 3. The van der Waals surface area contributed by atoms with E-state index in [0.717, 1.165) is 109 Å². The van der Waals surface area contributed by atoms with Gasteiger partial charge in [-0.05, 0) is 109 Å². The molecule has 0 aromatic rings. The first-order valence-electron chi connectivity index (χ1n) is 26.4. The van der Waals surface area contributed by atoms with E-state index in [1.54, 1.807) is 0 Å². The monoisotopic (exact) mass is 901 g/mol. The van der Waals surface area contributed by atoms with E-state index >= 15 is 0 Å². The van der Waals surface area contributed by atoms with Crippen LogP contribution in [0.5, 0.6) is 0 Å². The summed E-state index contributed by atoms with van der Waals surface area (Å²) in [6.07, 6.45) is 70.9. The molecule has 368 valence electrons. The molecule has 0 bridgehead atoms. The average molecular weight is 901 g/mol. The molecule has 0 saturated heterocycles. The van der Waals surface area contributed by atoms with Crippen LogP contribution < -0.4 is 0 Å². The predicted molar refractivity (Wildman–Crippen MR) is 279 cm³/mol. The van der Waals surface area contributed by atoms with Crippen LogP contribution in [0.1, 0.15) is 226 Å². The Bertz CT molecular complexity index is 1360. The van der Waals surface area contributed by atoms with E-state index in [2.05, 4.69) is 118 Å². The third-order valence-electron chi connectivity index (χ3n) is 10.8. The quantitative estimate of drug-likeness (QED) is 0.0262. The van der Waals surface area contributed by atoms with Crippen LogP contribution in [0.25, 0.3) is 0 Å². The summed E-state index contributed by atoms with van der Waals surface area (Å²) >= 11 is 0. The van der Waals surface area contributed by atoms with Gasteiger partial charge in [0, 0.05) is 19.3 Å². The molecule has 0 aromatic carbocycles. The topological polar surface area (TPSA) is 78.9 Å². The second-order valence-electron chi connectivity index (χ2n) is 17.0. The highest BCUT2D eigenvalue weighted by Crippen LogP contribution is 2.13. The lowest BCUT2D eigenvalue weighted by Crippen LogP contribution is -2.30. The van der Waals surface area contributed by atoms with Crippen molar-refractivity contribution in [2.75, 3.05) is 13.2 Å². The Labute approximate surface area is 400 Å². The fourth-order valence-corrected chi connectivity index (χ4v) is 6.85. The summed E-state index contributed by atoms with van der Waals surface area (Å²) in [5.41, 5.74) is 0. The Morgan fingerprint density at radius 1 is 0.323 bits per heavy atom. The predicted octanol–water partition coefficient (Wildman–Crippen LogP) is 17.5. The van der Waals surface area contributed by atoms with Gasteiger partial charge in [0.1, 0.15) is 13.2 Å². The van der Waals surface area contributed by atoms with Crippen LogP contribution >= 0.6 is 0 Å². The van der Waals surface area contributed by atoms with Crippen LogP contribution in [0.2, 0.25) is 0 Å². The third kappa shape index (κ3) is 50.9. The molecule has 0 aliphatic carbocycles. The van der Waals surface area contributed by atoms with Gasteiger partial charge in [-0.15, -0.1) is 0 Å². The molecule has 0 aromatic heterocycles. The van der Waals surface area contributed by atoms with Crippen LogP contribution in [0.3, 0.4) is 0 Å². The molecule has 1 atom stereocenters. The molecule has 0 rings (SSSR count). The second kappa shape index (κ2) is 52.7. The Balaban J connectivity index is 4.54. The van der Waals surface area contributed by atoms with Gasteiger partial charge in [-0.2, -0.15) is 0 Å². The molecular formula is C59H96O6. The lowest BCUT2D eigenvalue weighted by molar-refractivity contribution is -0.166. The van der Waals surface area contributed by atoms with Crippen molar-refractivity contribution in [1.82, 2.24) is 0 Å². The van der Waals surface area contributed by atoms with E-state index in [4.69, 9.17) is 14.2 Å². The van der Waals surface area contributed by atoms with E-state index in [-0.39, 0.29) is 37.5 Å². The van der Waals surface area contributed by atoms with Crippen molar-refractivity contribution in [3.05, 3.63) is 109 Å². The zero-order chi connectivity index (χ0) is 47.2. The molecule has 1 unspecified atom stereocenters.